The zero-order valence-corrected chi connectivity index (χ0v) is 11.1. The monoisotopic (exact) mass is 252 g/mol. The molecule has 0 aliphatic carbocycles. The Morgan fingerprint density at radius 2 is 2.33 bits per heavy atom. The van der Waals surface area contributed by atoms with Crippen LogP contribution in [0.15, 0.2) is 6.07 Å². The third-order valence-electron chi connectivity index (χ3n) is 3.43. The van der Waals surface area contributed by atoms with Gasteiger partial charge in [-0.2, -0.15) is 5.10 Å². The van der Waals surface area contributed by atoms with Gasteiger partial charge >= 0.3 is 0 Å². The summed E-state index contributed by atoms with van der Waals surface area (Å²) in [4.78, 5) is 13.7. The number of hydrogen-bond acceptors (Lipinski definition) is 4. The van der Waals surface area contributed by atoms with Crippen molar-refractivity contribution in [2.45, 2.75) is 32.5 Å². The largest absolute Gasteiger partial charge is 0.390 e. The molecule has 6 heteroatoms. The van der Waals surface area contributed by atoms with Gasteiger partial charge in [-0.1, -0.05) is 0 Å². The van der Waals surface area contributed by atoms with Crippen LogP contribution in [-0.4, -0.2) is 58.0 Å². The molecule has 1 aromatic rings. The zero-order chi connectivity index (χ0) is 13.3. The van der Waals surface area contributed by atoms with Crippen LogP contribution in [0.5, 0.6) is 0 Å². The number of aromatic nitrogens is 2. The van der Waals surface area contributed by atoms with Gasteiger partial charge in [0.1, 0.15) is 6.54 Å². The summed E-state index contributed by atoms with van der Waals surface area (Å²) < 4.78 is 1.70. The molecule has 6 nitrogen and oxygen atoms in total. The number of amides is 1. The van der Waals surface area contributed by atoms with Crippen LogP contribution in [0.3, 0.4) is 0 Å². The summed E-state index contributed by atoms with van der Waals surface area (Å²) in [5, 5.41) is 17.1. The van der Waals surface area contributed by atoms with E-state index in [0.717, 1.165) is 11.4 Å². The van der Waals surface area contributed by atoms with Gasteiger partial charge in [-0.15, -0.1) is 0 Å². The minimum atomic E-state index is -0.487. The number of aliphatic hydroxyl groups excluding tert-OH is 1. The van der Waals surface area contributed by atoms with Crippen LogP contribution < -0.4 is 5.32 Å². The van der Waals surface area contributed by atoms with Crippen molar-refractivity contribution >= 4 is 5.91 Å². The maximum atomic E-state index is 12.1. The Labute approximate surface area is 107 Å². The molecule has 0 aromatic carbocycles. The Balaban J connectivity index is 2.01. The number of aliphatic hydroxyl groups is 1. The molecular formula is C12H20N4O2. The lowest BCUT2D eigenvalue weighted by atomic mass is 10.2. The molecule has 0 unspecified atom stereocenters. The van der Waals surface area contributed by atoms with E-state index in [-0.39, 0.29) is 18.5 Å². The number of nitrogens with one attached hydrogen (secondary N) is 1. The van der Waals surface area contributed by atoms with Crippen molar-refractivity contribution < 1.29 is 9.90 Å². The fraction of sp³-hybridized carbons (Fsp3) is 0.667. The molecule has 1 aliphatic rings. The predicted octanol–water partition coefficient (Wildman–Crippen LogP) is -0.709. The molecule has 2 heterocycles. The van der Waals surface area contributed by atoms with Gasteiger partial charge in [0.05, 0.1) is 17.8 Å². The van der Waals surface area contributed by atoms with Crippen molar-refractivity contribution in [2.75, 3.05) is 20.1 Å². The Morgan fingerprint density at radius 3 is 2.83 bits per heavy atom. The molecule has 18 heavy (non-hydrogen) atoms. The van der Waals surface area contributed by atoms with Crippen LogP contribution in [0.4, 0.5) is 0 Å². The van der Waals surface area contributed by atoms with Crippen molar-refractivity contribution in [1.82, 2.24) is 20.0 Å². The molecule has 0 radical (unpaired) electrons. The molecule has 2 rings (SSSR count). The Kier molecular flexibility index (Phi) is 3.68. The van der Waals surface area contributed by atoms with Crippen LogP contribution in [0.25, 0.3) is 0 Å². The number of hydrogen-bond donors (Lipinski definition) is 2. The maximum absolute atomic E-state index is 12.1. The number of carbonyl (C=O) groups excluding carboxylic acids is 1. The van der Waals surface area contributed by atoms with E-state index in [0.29, 0.717) is 13.1 Å². The molecule has 1 saturated heterocycles. The van der Waals surface area contributed by atoms with E-state index in [4.69, 9.17) is 0 Å². The highest BCUT2D eigenvalue weighted by Gasteiger charge is 2.31. The van der Waals surface area contributed by atoms with E-state index in [1.54, 1.807) is 16.6 Å². The van der Waals surface area contributed by atoms with E-state index in [9.17, 15) is 9.90 Å². The molecule has 2 N–H and O–H groups in total. The number of aryl methyl sites for hydroxylation is 2. The number of β-amino-alcohol motifs (C(OH)–C–C–N with tert-alkyl or cyclic N) is 1. The van der Waals surface area contributed by atoms with Crippen LogP contribution in [0.2, 0.25) is 0 Å². The summed E-state index contributed by atoms with van der Waals surface area (Å²) in [6.45, 7) is 5.24. The molecule has 2 atom stereocenters. The van der Waals surface area contributed by atoms with Crippen molar-refractivity contribution in [3.8, 4) is 0 Å². The van der Waals surface area contributed by atoms with Crippen LogP contribution in [0, 0.1) is 13.8 Å². The minimum absolute atomic E-state index is 0.0334. The van der Waals surface area contributed by atoms with Gasteiger partial charge in [0.25, 0.3) is 0 Å². The minimum Gasteiger partial charge on any atom is -0.390 e. The summed E-state index contributed by atoms with van der Waals surface area (Å²) >= 11 is 0. The number of rotatable bonds is 3. The van der Waals surface area contributed by atoms with Crippen molar-refractivity contribution in [1.29, 1.82) is 0 Å². The lowest BCUT2D eigenvalue weighted by Crippen LogP contribution is -2.45. The number of carbonyl (C=O) groups is 1. The summed E-state index contributed by atoms with van der Waals surface area (Å²) in [5.41, 5.74) is 1.88. The van der Waals surface area contributed by atoms with Crippen LogP contribution in [0.1, 0.15) is 11.4 Å². The van der Waals surface area contributed by atoms with Gasteiger partial charge in [-0.25, -0.2) is 0 Å². The highest BCUT2D eigenvalue weighted by atomic mass is 16.3. The lowest BCUT2D eigenvalue weighted by Gasteiger charge is -2.26. The molecule has 1 aliphatic heterocycles. The second-order valence-corrected chi connectivity index (χ2v) is 4.88. The van der Waals surface area contributed by atoms with Crippen LogP contribution in [-0.2, 0) is 11.3 Å². The van der Waals surface area contributed by atoms with Crippen molar-refractivity contribution in [3.63, 3.8) is 0 Å². The Morgan fingerprint density at radius 1 is 1.61 bits per heavy atom. The molecule has 1 amide bonds. The second-order valence-electron chi connectivity index (χ2n) is 4.88. The van der Waals surface area contributed by atoms with E-state index >= 15 is 0 Å². The number of nitrogens with zero attached hydrogens (tertiary/aromatic N) is 3. The highest BCUT2D eigenvalue weighted by Crippen LogP contribution is 2.09. The van der Waals surface area contributed by atoms with Crippen molar-refractivity contribution in [2.24, 2.45) is 0 Å². The van der Waals surface area contributed by atoms with Gasteiger partial charge in [0, 0.05) is 25.8 Å². The van der Waals surface area contributed by atoms with Gasteiger partial charge < -0.3 is 15.3 Å². The molecule has 100 valence electrons. The van der Waals surface area contributed by atoms with E-state index < -0.39 is 6.10 Å². The molecule has 1 aromatic heterocycles. The summed E-state index contributed by atoms with van der Waals surface area (Å²) in [7, 11) is 1.73. The number of likely N-dealkylation sites (N-methyl/N-ethyl adjacent to an activating group) is 1. The first-order valence-electron chi connectivity index (χ1n) is 6.14. The van der Waals surface area contributed by atoms with Gasteiger partial charge in [-0.05, 0) is 19.9 Å². The third-order valence-corrected chi connectivity index (χ3v) is 3.43. The fourth-order valence-electron chi connectivity index (χ4n) is 2.31. The van der Waals surface area contributed by atoms with E-state index in [2.05, 4.69) is 10.4 Å². The standard InChI is InChI=1S/C12H20N4O2/c1-8-4-9(2)16(14-8)7-12(18)15(3)10-5-13-6-11(10)17/h4,10-11,13,17H,5-7H2,1-3H3/t10-,11-/m1/s1. The van der Waals surface area contributed by atoms with E-state index in [1.165, 1.54) is 0 Å². The lowest BCUT2D eigenvalue weighted by molar-refractivity contribution is -0.134. The Hall–Kier alpha value is -1.40. The SMILES string of the molecule is Cc1cc(C)n(CC(=O)N(C)[C@@H]2CNC[C@H]2O)n1. The summed E-state index contributed by atoms with van der Waals surface area (Å²) in [6, 6.07) is 1.80. The molecule has 0 bridgehead atoms. The quantitative estimate of drug-likeness (QED) is 0.745. The Bertz CT molecular complexity index is 443. The second kappa shape index (κ2) is 5.07. The van der Waals surface area contributed by atoms with E-state index in [1.807, 2.05) is 19.9 Å². The van der Waals surface area contributed by atoms with Gasteiger partial charge in [0.15, 0.2) is 0 Å². The van der Waals surface area contributed by atoms with Crippen LogP contribution >= 0.6 is 0 Å². The topological polar surface area (TPSA) is 70.4 Å². The average molecular weight is 252 g/mol. The zero-order valence-electron chi connectivity index (χ0n) is 11.1. The third kappa shape index (κ3) is 2.54. The predicted molar refractivity (Wildman–Crippen MR) is 67.1 cm³/mol. The van der Waals surface area contributed by atoms with Crippen molar-refractivity contribution in [3.05, 3.63) is 17.5 Å². The smallest absolute Gasteiger partial charge is 0.244 e. The highest BCUT2D eigenvalue weighted by molar-refractivity contribution is 5.76. The van der Waals surface area contributed by atoms with Gasteiger partial charge in [-0.3, -0.25) is 9.48 Å². The summed E-state index contributed by atoms with van der Waals surface area (Å²) in [6.07, 6.45) is -0.487. The normalized spacial score (nSPS) is 23.3. The molecule has 0 saturated carbocycles. The average Bonchev–Trinajstić information content (AvgIpc) is 2.85. The first kappa shape index (κ1) is 13.0. The fourth-order valence-corrected chi connectivity index (χ4v) is 2.31. The summed E-state index contributed by atoms with van der Waals surface area (Å²) in [5.74, 6) is -0.0334. The van der Waals surface area contributed by atoms with Gasteiger partial charge in [0.2, 0.25) is 5.91 Å². The molecule has 0 spiro atoms. The first-order chi connectivity index (χ1) is 8.49. The molecular weight excluding hydrogens is 232 g/mol. The molecule has 1 fully saturated rings. The maximum Gasteiger partial charge on any atom is 0.244 e. The first-order valence-corrected chi connectivity index (χ1v) is 6.14.